The van der Waals surface area contributed by atoms with Crippen molar-refractivity contribution in [1.29, 1.82) is 0 Å². The topological polar surface area (TPSA) is 38.1 Å². The Morgan fingerprint density at radius 2 is 1.67 bits per heavy atom. The van der Waals surface area contributed by atoms with Crippen molar-refractivity contribution in [2.75, 3.05) is 11.4 Å². The fourth-order valence-electron chi connectivity index (χ4n) is 4.52. The van der Waals surface area contributed by atoms with Crippen molar-refractivity contribution in [3.05, 3.63) is 95.8 Å². The van der Waals surface area contributed by atoms with Crippen molar-refractivity contribution in [3.63, 3.8) is 0 Å². The van der Waals surface area contributed by atoms with Crippen molar-refractivity contribution in [1.82, 2.24) is 9.55 Å². The summed E-state index contributed by atoms with van der Waals surface area (Å²) in [6, 6.07) is 26.9. The highest BCUT2D eigenvalue weighted by molar-refractivity contribution is 5.97. The summed E-state index contributed by atoms with van der Waals surface area (Å²) in [5, 5.41) is 0. The lowest BCUT2D eigenvalue weighted by atomic mass is 10.1. The molecule has 4 nitrogen and oxygen atoms in total. The van der Waals surface area contributed by atoms with Gasteiger partial charge in [-0.25, -0.2) is 4.98 Å². The Morgan fingerprint density at radius 1 is 0.933 bits per heavy atom. The number of anilines is 1. The van der Waals surface area contributed by atoms with Gasteiger partial charge in [-0.2, -0.15) is 0 Å². The molecule has 0 N–H and O–H groups in total. The third-order valence-corrected chi connectivity index (χ3v) is 6.02. The molecule has 3 aromatic carbocycles. The Hall–Kier alpha value is -3.40. The highest BCUT2D eigenvalue weighted by Gasteiger charge is 2.35. The molecule has 4 aromatic rings. The predicted molar refractivity (Wildman–Crippen MR) is 121 cm³/mol. The number of hydrogen-bond acceptors (Lipinski definition) is 2. The highest BCUT2D eigenvalue weighted by Crippen LogP contribution is 2.35. The molecule has 1 aromatic heterocycles. The molecule has 4 heteroatoms. The van der Waals surface area contributed by atoms with E-state index < -0.39 is 0 Å². The largest absolute Gasteiger partial charge is 0.323 e. The number of carbonyl (C=O) groups excluding carboxylic acids is 1. The summed E-state index contributed by atoms with van der Waals surface area (Å²) in [7, 11) is 0. The summed E-state index contributed by atoms with van der Waals surface area (Å²) >= 11 is 0. The molecule has 30 heavy (non-hydrogen) atoms. The number of hydrogen-bond donors (Lipinski definition) is 0. The van der Waals surface area contributed by atoms with Crippen LogP contribution in [0.15, 0.2) is 78.9 Å². The summed E-state index contributed by atoms with van der Waals surface area (Å²) < 4.78 is 2.29. The number of aromatic nitrogens is 2. The van der Waals surface area contributed by atoms with Crippen molar-refractivity contribution in [2.24, 2.45) is 0 Å². The second kappa shape index (κ2) is 7.79. The minimum absolute atomic E-state index is 0.0820. The number of carbonyl (C=O) groups is 1. The maximum atomic E-state index is 13.0. The number of rotatable bonds is 5. The van der Waals surface area contributed by atoms with E-state index in [2.05, 4.69) is 66.1 Å². The highest BCUT2D eigenvalue weighted by atomic mass is 16.2. The molecule has 1 aliphatic rings. The van der Waals surface area contributed by atoms with Gasteiger partial charge in [0, 0.05) is 31.1 Å². The molecule has 1 fully saturated rings. The Balaban J connectivity index is 1.53. The first-order chi connectivity index (χ1) is 14.7. The van der Waals surface area contributed by atoms with Crippen LogP contribution < -0.4 is 4.90 Å². The van der Waals surface area contributed by atoms with Crippen LogP contribution >= 0.6 is 0 Å². The number of benzene rings is 3. The third kappa shape index (κ3) is 3.28. The SMILES string of the molecule is CCc1ccccc1N1CC(c2nc3ccccc3n2Cc2ccccc2)CC1=O. The molecule has 0 bridgehead atoms. The number of aryl methyl sites for hydroxylation is 1. The zero-order valence-electron chi connectivity index (χ0n) is 17.2. The molecule has 5 rings (SSSR count). The fourth-order valence-corrected chi connectivity index (χ4v) is 4.52. The Morgan fingerprint density at radius 3 is 2.50 bits per heavy atom. The number of fused-ring (bicyclic) bond motifs is 1. The molecule has 0 radical (unpaired) electrons. The first-order valence-electron chi connectivity index (χ1n) is 10.6. The van der Waals surface area contributed by atoms with E-state index in [0.29, 0.717) is 13.0 Å². The van der Waals surface area contributed by atoms with E-state index in [-0.39, 0.29) is 11.8 Å². The van der Waals surface area contributed by atoms with E-state index in [0.717, 1.165) is 35.5 Å². The van der Waals surface area contributed by atoms with Crippen LogP contribution in [0, 0.1) is 0 Å². The lowest BCUT2D eigenvalue weighted by Gasteiger charge is -2.20. The van der Waals surface area contributed by atoms with Gasteiger partial charge in [-0.3, -0.25) is 4.79 Å². The van der Waals surface area contributed by atoms with Gasteiger partial charge in [-0.05, 0) is 35.7 Å². The van der Waals surface area contributed by atoms with Crippen LogP contribution in [0.4, 0.5) is 5.69 Å². The average molecular weight is 396 g/mol. The van der Waals surface area contributed by atoms with Crippen LogP contribution in [0.5, 0.6) is 0 Å². The Labute approximate surface area is 176 Å². The minimum Gasteiger partial charge on any atom is -0.323 e. The monoisotopic (exact) mass is 395 g/mol. The first-order valence-corrected chi connectivity index (χ1v) is 10.6. The van der Waals surface area contributed by atoms with Gasteiger partial charge >= 0.3 is 0 Å². The predicted octanol–water partition coefficient (Wildman–Crippen LogP) is 5.17. The normalized spacial score (nSPS) is 16.5. The van der Waals surface area contributed by atoms with Crippen LogP contribution in [0.2, 0.25) is 0 Å². The first kappa shape index (κ1) is 18.6. The van der Waals surface area contributed by atoms with Gasteiger partial charge in [-0.15, -0.1) is 0 Å². The van der Waals surface area contributed by atoms with Crippen LogP contribution in [-0.2, 0) is 17.8 Å². The van der Waals surface area contributed by atoms with Crippen LogP contribution in [0.25, 0.3) is 11.0 Å². The molecular formula is C26H25N3O. The fraction of sp³-hybridized carbons (Fsp3) is 0.231. The Kier molecular flexibility index (Phi) is 4.83. The van der Waals surface area contributed by atoms with Gasteiger partial charge in [-0.1, -0.05) is 67.6 Å². The molecule has 150 valence electrons. The maximum absolute atomic E-state index is 13.0. The van der Waals surface area contributed by atoms with Gasteiger partial charge in [0.1, 0.15) is 5.82 Å². The molecule has 1 atom stereocenters. The molecule has 0 aliphatic carbocycles. The smallest absolute Gasteiger partial charge is 0.227 e. The number of imidazole rings is 1. The van der Waals surface area contributed by atoms with Crippen LogP contribution in [0.1, 0.15) is 36.2 Å². The van der Waals surface area contributed by atoms with Crippen molar-refractivity contribution >= 4 is 22.6 Å². The second-order valence-corrected chi connectivity index (χ2v) is 7.92. The molecular weight excluding hydrogens is 370 g/mol. The van der Waals surface area contributed by atoms with E-state index in [4.69, 9.17) is 4.98 Å². The van der Waals surface area contributed by atoms with Gasteiger partial charge in [0.25, 0.3) is 0 Å². The van der Waals surface area contributed by atoms with Crippen molar-refractivity contribution in [2.45, 2.75) is 32.2 Å². The minimum atomic E-state index is 0.0820. The van der Waals surface area contributed by atoms with E-state index in [9.17, 15) is 4.79 Å². The second-order valence-electron chi connectivity index (χ2n) is 7.92. The van der Waals surface area contributed by atoms with Gasteiger partial charge < -0.3 is 9.47 Å². The molecule has 1 amide bonds. The Bertz CT molecular complexity index is 1200. The van der Waals surface area contributed by atoms with E-state index in [1.807, 2.05) is 29.2 Å². The number of amides is 1. The average Bonchev–Trinajstić information content (AvgIpc) is 3.35. The summed E-state index contributed by atoms with van der Waals surface area (Å²) in [6.45, 7) is 3.57. The molecule has 1 aliphatic heterocycles. The summed E-state index contributed by atoms with van der Waals surface area (Å²) in [5.41, 5.74) is 5.60. The summed E-state index contributed by atoms with van der Waals surface area (Å²) in [6.07, 6.45) is 1.41. The van der Waals surface area contributed by atoms with Crippen LogP contribution in [0.3, 0.4) is 0 Å². The lowest BCUT2D eigenvalue weighted by Crippen LogP contribution is -2.25. The molecule has 1 unspecified atom stereocenters. The van der Waals surface area contributed by atoms with E-state index in [1.54, 1.807) is 0 Å². The van der Waals surface area contributed by atoms with E-state index in [1.165, 1.54) is 11.1 Å². The quantitative estimate of drug-likeness (QED) is 0.468. The zero-order valence-corrected chi connectivity index (χ0v) is 17.2. The molecule has 0 spiro atoms. The molecule has 0 saturated carbocycles. The standard InChI is InChI=1S/C26H25N3O/c1-2-20-12-6-8-14-23(20)28-18-21(16-25(28)30)26-27-22-13-7-9-15-24(22)29(26)17-19-10-4-3-5-11-19/h3-15,21H,2,16-18H2,1H3. The lowest BCUT2D eigenvalue weighted by molar-refractivity contribution is -0.117. The van der Waals surface area contributed by atoms with Gasteiger partial charge in [0.2, 0.25) is 5.91 Å². The molecule has 2 heterocycles. The van der Waals surface area contributed by atoms with E-state index >= 15 is 0 Å². The van der Waals surface area contributed by atoms with Crippen molar-refractivity contribution in [3.8, 4) is 0 Å². The maximum Gasteiger partial charge on any atom is 0.227 e. The number of nitrogens with zero attached hydrogens (tertiary/aromatic N) is 3. The number of para-hydroxylation sites is 3. The summed E-state index contributed by atoms with van der Waals surface area (Å²) in [5.74, 6) is 1.27. The third-order valence-electron chi connectivity index (χ3n) is 6.02. The van der Waals surface area contributed by atoms with Crippen molar-refractivity contribution < 1.29 is 4.79 Å². The van der Waals surface area contributed by atoms with Gasteiger partial charge in [0.15, 0.2) is 0 Å². The van der Waals surface area contributed by atoms with Crippen LogP contribution in [-0.4, -0.2) is 22.0 Å². The molecule has 1 saturated heterocycles. The summed E-state index contributed by atoms with van der Waals surface area (Å²) in [4.78, 5) is 19.9. The zero-order chi connectivity index (χ0) is 20.5. The van der Waals surface area contributed by atoms with Gasteiger partial charge in [0.05, 0.1) is 11.0 Å².